The van der Waals surface area contributed by atoms with Crippen LogP contribution in [0.4, 0.5) is 4.39 Å². The van der Waals surface area contributed by atoms with Crippen LogP contribution in [0.2, 0.25) is 0 Å². The van der Waals surface area contributed by atoms with Crippen LogP contribution in [-0.4, -0.2) is 73.3 Å². The molecule has 0 aliphatic carbocycles. The minimum absolute atomic E-state index is 0.0238. The summed E-state index contributed by atoms with van der Waals surface area (Å²) in [7, 11) is 3.68. The zero-order chi connectivity index (χ0) is 18.7. The smallest absolute Gasteiger partial charge is 0.264 e. The Morgan fingerprint density at radius 1 is 1.08 bits per heavy atom. The van der Waals surface area contributed by atoms with Crippen LogP contribution in [0, 0.1) is 5.82 Å². The van der Waals surface area contributed by atoms with Crippen molar-refractivity contribution < 1.29 is 14.0 Å². The van der Waals surface area contributed by atoms with Gasteiger partial charge in [0.25, 0.3) is 5.91 Å². The summed E-state index contributed by atoms with van der Waals surface area (Å²) >= 11 is 1.35. The Kier molecular flexibility index (Phi) is 5.68. The number of carbonyl (C=O) groups excluding carboxylic acids is 2. The highest BCUT2D eigenvalue weighted by Crippen LogP contribution is 2.28. The lowest BCUT2D eigenvalue weighted by atomic mass is 10.2. The predicted octanol–water partition coefficient (Wildman–Crippen LogP) is 2.40. The quantitative estimate of drug-likeness (QED) is 0.824. The van der Waals surface area contributed by atoms with Crippen molar-refractivity contribution in [3.8, 4) is 10.4 Å². The molecular weight excluding hydrogens is 353 g/mol. The summed E-state index contributed by atoms with van der Waals surface area (Å²) in [5, 5.41) is 0. The average Bonchev–Trinajstić information content (AvgIpc) is 3.12. The first-order valence-electron chi connectivity index (χ1n) is 8.51. The van der Waals surface area contributed by atoms with Gasteiger partial charge >= 0.3 is 0 Å². The van der Waals surface area contributed by atoms with Gasteiger partial charge in [-0.05, 0) is 36.9 Å². The van der Waals surface area contributed by atoms with E-state index in [1.807, 2.05) is 18.0 Å². The van der Waals surface area contributed by atoms with Gasteiger partial charge in [-0.2, -0.15) is 0 Å². The van der Waals surface area contributed by atoms with Gasteiger partial charge in [-0.25, -0.2) is 4.39 Å². The van der Waals surface area contributed by atoms with Gasteiger partial charge in [0.05, 0.1) is 11.4 Å². The first-order chi connectivity index (χ1) is 12.4. The van der Waals surface area contributed by atoms with E-state index in [0.717, 1.165) is 23.5 Å². The molecule has 0 saturated carbocycles. The van der Waals surface area contributed by atoms with Gasteiger partial charge in [0.15, 0.2) is 0 Å². The van der Waals surface area contributed by atoms with E-state index in [4.69, 9.17) is 0 Å². The Hall–Kier alpha value is -2.25. The van der Waals surface area contributed by atoms with Crippen molar-refractivity contribution in [2.75, 3.05) is 46.8 Å². The van der Waals surface area contributed by atoms with E-state index >= 15 is 0 Å². The minimum Gasteiger partial charge on any atom is -0.339 e. The van der Waals surface area contributed by atoms with E-state index in [1.165, 1.54) is 28.4 Å². The third-order valence-corrected chi connectivity index (χ3v) is 5.64. The zero-order valence-electron chi connectivity index (χ0n) is 14.9. The van der Waals surface area contributed by atoms with Crippen LogP contribution in [0.25, 0.3) is 10.4 Å². The first kappa shape index (κ1) is 18.5. The van der Waals surface area contributed by atoms with E-state index in [2.05, 4.69) is 4.90 Å². The van der Waals surface area contributed by atoms with Crippen molar-refractivity contribution in [3.63, 3.8) is 0 Å². The molecule has 5 nitrogen and oxygen atoms in total. The van der Waals surface area contributed by atoms with E-state index in [1.54, 1.807) is 25.2 Å². The summed E-state index contributed by atoms with van der Waals surface area (Å²) in [5.41, 5.74) is 0.867. The molecule has 0 unspecified atom stereocenters. The van der Waals surface area contributed by atoms with Crippen LogP contribution in [0.1, 0.15) is 9.67 Å². The predicted molar refractivity (Wildman–Crippen MR) is 101 cm³/mol. The fourth-order valence-electron chi connectivity index (χ4n) is 2.84. The maximum Gasteiger partial charge on any atom is 0.264 e. The van der Waals surface area contributed by atoms with Crippen LogP contribution in [0.15, 0.2) is 36.4 Å². The second-order valence-electron chi connectivity index (χ2n) is 6.52. The fraction of sp³-hybridized carbons (Fsp3) is 0.368. The largest absolute Gasteiger partial charge is 0.339 e. The number of rotatable bonds is 4. The van der Waals surface area contributed by atoms with E-state index in [0.29, 0.717) is 18.0 Å². The minimum atomic E-state index is -0.288. The van der Waals surface area contributed by atoms with Crippen molar-refractivity contribution in [2.24, 2.45) is 0 Å². The molecule has 2 aromatic rings. The molecule has 1 fully saturated rings. The number of amides is 2. The Balaban J connectivity index is 1.61. The summed E-state index contributed by atoms with van der Waals surface area (Å²) in [6.45, 7) is 3.19. The Bertz CT molecular complexity index is 782. The third kappa shape index (κ3) is 4.28. The van der Waals surface area contributed by atoms with Gasteiger partial charge in [0.2, 0.25) is 5.91 Å². The molecule has 138 valence electrons. The van der Waals surface area contributed by atoms with Crippen LogP contribution in [-0.2, 0) is 4.79 Å². The molecule has 2 amide bonds. The van der Waals surface area contributed by atoms with E-state index in [-0.39, 0.29) is 24.2 Å². The Morgan fingerprint density at radius 3 is 2.38 bits per heavy atom. The molecule has 0 radical (unpaired) electrons. The average molecular weight is 375 g/mol. The number of piperazine rings is 1. The highest BCUT2D eigenvalue weighted by atomic mass is 32.1. The van der Waals surface area contributed by atoms with Crippen molar-refractivity contribution in [2.45, 2.75) is 0 Å². The number of benzene rings is 1. The fourth-order valence-corrected chi connectivity index (χ4v) is 3.85. The van der Waals surface area contributed by atoms with Gasteiger partial charge in [-0.1, -0.05) is 12.1 Å². The molecule has 1 aromatic carbocycles. The molecule has 1 aromatic heterocycles. The monoisotopic (exact) mass is 375 g/mol. The maximum absolute atomic E-state index is 13.0. The first-order valence-corrected chi connectivity index (χ1v) is 9.33. The van der Waals surface area contributed by atoms with Crippen molar-refractivity contribution in [1.82, 2.24) is 14.7 Å². The molecule has 0 N–H and O–H groups in total. The SMILES string of the molecule is CN1CCN(C(=O)CN(C)C(=O)c2ccc(-c3ccc(F)cc3)s2)CC1. The lowest BCUT2D eigenvalue weighted by Gasteiger charge is -2.33. The topological polar surface area (TPSA) is 43.9 Å². The van der Waals surface area contributed by atoms with Gasteiger partial charge in [-0.15, -0.1) is 11.3 Å². The number of halogens is 1. The molecule has 7 heteroatoms. The molecule has 3 rings (SSSR count). The lowest BCUT2D eigenvalue weighted by molar-refractivity contribution is -0.133. The molecule has 0 atom stereocenters. The summed E-state index contributed by atoms with van der Waals surface area (Å²) in [6, 6.07) is 9.78. The van der Waals surface area contributed by atoms with Crippen molar-refractivity contribution in [1.29, 1.82) is 0 Å². The molecule has 1 aliphatic rings. The Labute approximate surface area is 156 Å². The van der Waals surface area contributed by atoms with Crippen LogP contribution < -0.4 is 0 Å². The number of hydrogen-bond donors (Lipinski definition) is 0. The number of likely N-dealkylation sites (N-methyl/N-ethyl adjacent to an activating group) is 2. The summed E-state index contributed by atoms with van der Waals surface area (Å²) in [5.74, 6) is -0.487. The summed E-state index contributed by atoms with van der Waals surface area (Å²) in [4.78, 5) is 31.9. The molecule has 2 heterocycles. The Morgan fingerprint density at radius 2 is 1.73 bits per heavy atom. The highest BCUT2D eigenvalue weighted by Gasteiger charge is 2.23. The summed E-state index contributed by atoms with van der Waals surface area (Å²) in [6.07, 6.45) is 0. The van der Waals surface area contributed by atoms with Gasteiger partial charge in [0.1, 0.15) is 5.82 Å². The van der Waals surface area contributed by atoms with E-state index in [9.17, 15) is 14.0 Å². The standard InChI is InChI=1S/C19H22FN3O2S/c1-21-9-11-23(12-10-21)18(24)13-22(2)19(25)17-8-7-16(26-17)14-3-5-15(20)6-4-14/h3-8H,9-13H2,1-2H3. The normalized spacial score (nSPS) is 15.1. The van der Waals surface area contributed by atoms with Crippen LogP contribution in [0.3, 0.4) is 0 Å². The lowest BCUT2D eigenvalue weighted by Crippen LogP contribution is -2.50. The van der Waals surface area contributed by atoms with Crippen molar-refractivity contribution >= 4 is 23.2 Å². The van der Waals surface area contributed by atoms with Crippen LogP contribution >= 0.6 is 11.3 Å². The van der Waals surface area contributed by atoms with Crippen LogP contribution in [0.5, 0.6) is 0 Å². The molecule has 1 aliphatic heterocycles. The number of carbonyl (C=O) groups is 2. The maximum atomic E-state index is 13.0. The van der Waals surface area contributed by atoms with Crippen molar-refractivity contribution in [3.05, 3.63) is 47.1 Å². The molecule has 0 spiro atoms. The van der Waals surface area contributed by atoms with Gasteiger partial charge in [0, 0.05) is 38.1 Å². The van der Waals surface area contributed by atoms with E-state index < -0.39 is 0 Å². The second-order valence-corrected chi connectivity index (χ2v) is 7.60. The highest BCUT2D eigenvalue weighted by molar-refractivity contribution is 7.17. The van der Waals surface area contributed by atoms with Gasteiger partial charge < -0.3 is 14.7 Å². The van der Waals surface area contributed by atoms with Gasteiger partial charge in [-0.3, -0.25) is 9.59 Å². The molecular formula is C19H22FN3O2S. The number of nitrogens with zero attached hydrogens (tertiary/aromatic N) is 3. The third-order valence-electron chi connectivity index (χ3n) is 4.52. The molecule has 26 heavy (non-hydrogen) atoms. The molecule has 0 bridgehead atoms. The zero-order valence-corrected chi connectivity index (χ0v) is 15.8. The second kappa shape index (κ2) is 7.97. The molecule has 1 saturated heterocycles. The number of thiophene rings is 1. The number of hydrogen-bond acceptors (Lipinski definition) is 4. The summed E-state index contributed by atoms with van der Waals surface area (Å²) < 4.78 is 13.0.